The highest BCUT2D eigenvalue weighted by molar-refractivity contribution is 6.28. The average Bonchev–Trinajstić information content (AvgIpc) is 3.25. The molecule has 0 bridgehead atoms. The van der Waals surface area contributed by atoms with Gasteiger partial charge in [-0.2, -0.15) is 0 Å². The summed E-state index contributed by atoms with van der Waals surface area (Å²) in [6, 6.07) is 73.4. The summed E-state index contributed by atoms with van der Waals surface area (Å²) >= 11 is 0. The van der Waals surface area contributed by atoms with Crippen LogP contribution in [0.2, 0.25) is 0 Å². The molecule has 0 radical (unpaired) electrons. The zero-order valence-electron chi connectivity index (χ0n) is 32.4. The van der Waals surface area contributed by atoms with Gasteiger partial charge in [-0.25, -0.2) is 0 Å². The van der Waals surface area contributed by atoms with Crippen LogP contribution in [0.4, 0.5) is 34.1 Å². The van der Waals surface area contributed by atoms with Gasteiger partial charge in [0.1, 0.15) is 0 Å². The molecule has 10 aromatic rings. The first kappa shape index (κ1) is 34.3. The zero-order chi connectivity index (χ0) is 38.5. The van der Waals surface area contributed by atoms with Gasteiger partial charge in [0.15, 0.2) is 0 Å². The largest absolute Gasteiger partial charge is 0.310 e. The quantitative estimate of drug-likeness (QED) is 0.144. The van der Waals surface area contributed by atoms with Crippen molar-refractivity contribution in [3.8, 4) is 22.3 Å². The third-order valence-corrected chi connectivity index (χ3v) is 11.4. The summed E-state index contributed by atoms with van der Waals surface area (Å²) in [6.45, 7) is 6.57. The highest BCUT2D eigenvalue weighted by atomic mass is 15.2. The van der Waals surface area contributed by atoms with Gasteiger partial charge in [0.25, 0.3) is 0 Å². The zero-order valence-corrected chi connectivity index (χ0v) is 32.4. The minimum absolute atomic E-state index is 1.12. The normalized spacial score (nSPS) is 11.4. The minimum Gasteiger partial charge on any atom is -0.310 e. The van der Waals surface area contributed by atoms with Gasteiger partial charge in [0.05, 0.1) is 11.4 Å². The van der Waals surface area contributed by atoms with Crippen LogP contribution in [0.15, 0.2) is 200 Å². The molecule has 0 N–H and O–H groups in total. The van der Waals surface area contributed by atoms with E-state index >= 15 is 0 Å². The predicted octanol–water partition coefficient (Wildman–Crippen LogP) is 15.8. The number of benzene rings is 10. The fourth-order valence-corrected chi connectivity index (χ4v) is 8.65. The molecule has 0 fully saturated rings. The van der Waals surface area contributed by atoms with Crippen molar-refractivity contribution in [1.29, 1.82) is 0 Å². The maximum atomic E-state index is 2.47. The second-order valence-corrected chi connectivity index (χ2v) is 15.2. The van der Waals surface area contributed by atoms with E-state index in [2.05, 4.69) is 231 Å². The molecular formula is C55H42N2. The van der Waals surface area contributed by atoms with Gasteiger partial charge in [-0.05, 0) is 136 Å². The van der Waals surface area contributed by atoms with E-state index in [1.807, 2.05) is 0 Å². The molecule has 0 heterocycles. The average molecular weight is 731 g/mol. The van der Waals surface area contributed by atoms with Crippen LogP contribution >= 0.6 is 0 Å². The molecule has 0 aromatic heterocycles. The van der Waals surface area contributed by atoms with E-state index in [0.29, 0.717) is 0 Å². The molecule has 0 atom stereocenters. The van der Waals surface area contributed by atoms with Crippen molar-refractivity contribution in [3.63, 3.8) is 0 Å². The van der Waals surface area contributed by atoms with E-state index in [0.717, 1.165) is 28.4 Å². The molecule has 0 amide bonds. The van der Waals surface area contributed by atoms with E-state index in [1.54, 1.807) is 0 Å². The predicted molar refractivity (Wildman–Crippen MR) is 245 cm³/mol. The lowest BCUT2D eigenvalue weighted by Gasteiger charge is -2.30. The molecule has 10 rings (SSSR count). The summed E-state index contributed by atoms with van der Waals surface area (Å²) in [5.41, 5.74) is 15.3. The first-order chi connectivity index (χ1) is 28.0. The Bertz CT molecular complexity index is 3060. The Morgan fingerprint density at radius 2 is 0.754 bits per heavy atom. The van der Waals surface area contributed by atoms with Crippen molar-refractivity contribution in [3.05, 3.63) is 217 Å². The number of hydrogen-bond donors (Lipinski definition) is 0. The van der Waals surface area contributed by atoms with Crippen LogP contribution in [-0.2, 0) is 0 Å². The van der Waals surface area contributed by atoms with E-state index in [4.69, 9.17) is 0 Å². The minimum atomic E-state index is 1.12. The summed E-state index contributed by atoms with van der Waals surface area (Å²) < 4.78 is 0. The molecule has 272 valence electrons. The molecule has 0 aliphatic rings. The number of nitrogens with zero attached hydrogens (tertiary/aromatic N) is 2. The molecule has 0 aliphatic heterocycles. The highest BCUT2D eigenvalue weighted by Gasteiger charge is 2.23. The second-order valence-electron chi connectivity index (χ2n) is 15.2. The van der Waals surface area contributed by atoms with Gasteiger partial charge in [-0.1, -0.05) is 146 Å². The van der Waals surface area contributed by atoms with Crippen molar-refractivity contribution in [2.75, 3.05) is 9.80 Å². The van der Waals surface area contributed by atoms with Gasteiger partial charge in [0.2, 0.25) is 0 Å². The van der Waals surface area contributed by atoms with Gasteiger partial charge in [-0.3, -0.25) is 0 Å². The number of aryl methyl sites for hydroxylation is 3. The molecule has 0 aliphatic carbocycles. The van der Waals surface area contributed by atoms with Crippen LogP contribution in [-0.4, -0.2) is 0 Å². The maximum absolute atomic E-state index is 2.47. The van der Waals surface area contributed by atoms with E-state index in [9.17, 15) is 0 Å². The molecular weight excluding hydrogens is 689 g/mol. The van der Waals surface area contributed by atoms with Crippen LogP contribution in [0.25, 0.3) is 54.6 Å². The molecule has 57 heavy (non-hydrogen) atoms. The molecule has 0 saturated carbocycles. The summed E-state index contributed by atoms with van der Waals surface area (Å²) in [5.74, 6) is 0. The number of anilines is 6. The third-order valence-electron chi connectivity index (χ3n) is 11.4. The monoisotopic (exact) mass is 730 g/mol. The van der Waals surface area contributed by atoms with Crippen LogP contribution in [0.3, 0.4) is 0 Å². The van der Waals surface area contributed by atoms with Crippen LogP contribution < -0.4 is 9.80 Å². The molecule has 0 unspecified atom stereocenters. The Morgan fingerprint density at radius 3 is 1.32 bits per heavy atom. The summed E-state index contributed by atoms with van der Waals surface area (Å²) in [4.78, 5) is 4.90. The van der Waals surface area contributed by atoms with Gasteiger partial charge < -0.3 is 9.80 Å². The van der Waals surface area contributed by atoms with Crippen LogP contribution in [0.5, 0.6) is 0 Å². The fraction of sp³-hybridized carbons (Fsp3) is 0.0545. The summed E-state index contributed by atoms with van der Waals surface area (Å²) in [7, 11) is 0. The molecule has 0 spiro atoms. The maximum Gasteiger partial charge on any atom is 0.0540 e. The SMILES string of the molecule is Cc1cccc(N(c2cccc(-c3ccccc3)c2)c2ccc3ccc4c(N(c5cccc(C)c5)c5cc(-c6ccccc6)ccc5C)ccc5ccc2c3c54)c1. The Morgan fingerprint density at radius 1 is 0.298 bits per heavy atom. The van der Waals surface area contributed by atoms with Crippen LogP contribution in [0, 0.1) is 20.8 Å². The lowest BCUT2D eigenvalue weighted by Crippen LogP contribution is -2.13. The topological polar surface area (TPSA) is 6.48 Å². The van der Waals surface area contributed by atoms with Crippen molar-refractivity contribution < 1.29 is 0 Å². The van der Waals surface area contributed by atoms with Crippen molar-refractivity contribution in [2.24, 2.45) is 0 Å². The Kier molecular flexibility index (Phi) is 8.53. The first-order valence-electron chi connectivity index (χ1n) is 19.8. The first-order valence-corrected chi connectivity index (χ1v) is 19.8. The number of hydrogen-bond acceptors (Lipinski definition) is 2. The van der Waals surface area contributed by atoms with E-state index < -0.39 is 0 Å². The molecule has 2 heteroatoms. The lowest BCUT2D eigenvalue weighted by molar-refractivity contribution is 1.25. The summed E-state index contributed by atoms with van der Waals surface area (Å²) in [5, 5.41) is 7.47. The van der Waals surface area contributed by atoms with Crippen LogP contribution in [0.1, 0.15) is 16.7 Å². The van der Waals surface area contributed by atoms with E-state index in [1.165, 1.54) is 76.9 Å². The highest BCUT2D eigenvalue weighted by Crippen LogP contribution is 2.48. The molecule has 2 nitrogen and oxygen atoms in total. The van der Waals surface area contributed by atoms with Crippen molar-refractivity contribution in [2.45, 2.75) is 20.8 Å². The Labute approximate surface area is 334 Å². The Balaban J connectivity index is 1.22. The molecule has 10 aromatic carbocycles. The lowest BCUT2D eigenvalue weighted by atomic mass is 9.91. The summed E-state index contributed by atoms with van der Waals surface area (Å²) in [6.07, 6.45) is 0. The van der Waals surface area contributed by atoms with Crippen molar-refractivity contribution >= 4 is 66.4 Å². The second kappa shape index (κ2) is 14.2. The van der Waals surface area contributed by atoms with Gasteiger partial charge in [0, 0.05) is 33.5 Å². The van der Waals surface area contributed by atoms with Gasteiger partial charge >= 0.3 is 0 Å². The Hall–Kier alpha value is -7.16. The fourth-order valence-electron chi connectivity index (χ4n) is 8.65. The number of rotatable bonds is 8. The van der Waals surface area contributed by atoms with Gasteiger partial charge in [-0.15, -0.1) is 0 Å². The van der Waals surface area contributed by atoms with E-state index in [-0.39, 0.29) is 0 Å². The van der Waals surface area contributed by atoms with Crippen molar-refractivity contribution in [1.82, 2.24) is 0 Å². The third kappa shape index (κ3) is 6.16. The molecule has 0 saturated heterocycles. The smallest absolute Gasteiger partial charge is 0.0540 e. The standard InChI is InChI=1S/C55H42N2/c1-37-13-10-20-46(33-37)56(48-22-12-19-44(35-48)40-15-6-4-7-16-40)51-31-27-42-26-30-50-52(32-28-43-25-29-49(51)54(42)55(43)50)57(47-21-11-14-38(2)34-47)53-36-45(24-23-39(53)3)41-17-8-5-9-18-41/h4-36H,1-3H3.